The van der Waals surface area contributed by atoms with Crippen LogP contribution in [0.4, 0.5) is 5.69 Å². The highest BCUT2D eigenvalue weighted by molar-refractivity contribution is 8.01. The zero-order valence-corrected chi connectivity index (χ0v) is 22.7. The minimum absolute atomic E-state index is 0.0658. The molecule has 1 fully saturated rings. The van der Waals surface area contributed by atoms with E-state index >= 15 is 0 Å². The van der Waals surface area contributed by atoms with Gasteiger partial charge < -0.3 is 15.4 Å². The van der Waals surface area contributed by atoms with E-state index in [1.165, 1.54) is 28.7 Å². The normalized spacial score (nSPS) is 20.8. The number of ketones is 1. The van der Waals surface area contributed by atoms with Gasteiger partial charge in [0.05, 0.1) is 16.4 Å². The second kappa shape index (κ2) is 10.4. The van der Waals surface area contributed by atoms with Crippen LogP contribution >= 0.6 is 34.7 Å². The molecule has 2 unspecified atom stereocenters. The molecule has 6 nitrogen and oxygen atoms in total. The Morgan fingerprint density at radius 2 is 1.92 bits per heavy atom. The van der Waals surface area contributed by atoms with Gasteiger partial charge in [-0.15, -0.1) is 11.8 Å². The van der Waals surface area contributed by atoms with Crippen molar-refractivity contribution in [2.45, 2.75) is 34.9 Å². The lowest BCUT2D eigenvalue weighted by Gasteiger charge is -2.39. The third-order valence-electron chi connectivity index (χ3n) is 6.81. The fourth-order valence-electron chi connectivity index (χ4n) is 4.98. The first-order chi connectivity index (χ1) is 18.5. The largest absolute Gasteiger partial charge is 0.437 e. The standard InChI is InChI=1S/C29H24ClN3O3S2/c30-20-8-1-2-10-23(20)38-27-21(34)16-29(33-28(27)35,19-13-15-37-17-19)24-11-4-12-25(32-24)36-22-9-3-6-18-7-5-14-31-26(18)22/h1-4,6,8-13,15,17,27,31H,5,7,14,16H2,(H,33,35). The van der Waals surface area contributed by atoms with Gasteiger partial charge in [0.15, 0.2) is 11.5 Å². The van der Waals surface area contributed by atoms with Crippen molar-refractivity contribution in [3.63, 3.8) is 0 Å². The monoisotopic (exact) mass is 561 g/mol. The highest BCUT2D eigenvalue weighted by atomic mass is 35.5. The molecule has 2 N–H and O–H groups in total. The summed E-state index contributed by atoms with van der Waals surface area (Å²) in [4.78, 5) is 32.5. The molecule has 2 aliphatic heterocycles. The van der Waals surface area contributed by atoms with Gasteiger partial charge in [-0.25, -0.2) is 4.98 Å². The molecule has 38 heavy (non-hydrogen) atoms. The Labute approximate surface area is 233 Å². The number of thioether (sulfide) groups is 1. The van der Waals surface area contributed by atoms with E-state index in [1.54, 1.807) is 12.1 Å². The maximum Gasteiger partial charge on any atom is 0.242 e. The third-order valence-corrected chi connectivity index (χ3v) is 9.26. The zero-order chi connectivity index (χ0) is 26.1. The Bertz CT molecular complexity index is 1490. The van der Waals surface area contributed by atoms with Crippen molar-refractivity contribution >= 4 is 52.1 Å². The lowest BCUT2D eigenvalue weighted by atomic mass is 9.79. The van der Waals surface area contributed by atoms with Gasteiger partial charge >= 0.3 is 0 Å². The SMILES string of the molecule is O=C1CC(c2ccsc2)(c2cccc(Oc3cccc4c3NCCC4)n2)NC(=O)C1Sc1ccccc1Cl. The van der Waals surface area contributed by atoms with Crippen molar-refractivity contribution in [3.05, 3.63) is 99.3 Å². The van der Waals surface area contributed by atoms with Crippen LogP contribution in [0.5, 0.6) is 11.6 Å². The van der Waals surface area contributed by atoms with Crippen LogP contribution in [0, 0.1) is 0 Å². The lowest BCUT2D eigenvalue weighted by Crippen LogP contribution is -2.58. The number of pyridine rings is 1. The quantitative estimate of drug-likeness (QED) is 0.264. The van der Waals surface area contributed by atoms with E-state index in [2.05, 4.69) is 16.7 Å². The molecule has 9 heteroatoms. The number of para-hydroxylation sites is 1. The number of Topliss-reactive ketones (excluding diaryl/α,β-unsaturated/α-hetero) is 1. The van der Waals surface area contributed by atoms with Crippen LogP contribution in [0.15, 0.2) is 82.4 Å². The number of nitrogens with one attached hydrogen (secondary N) is 2. The van der Waals surface area contributed by atoms with Gasteiger partial charge in [-0.3, -0.25) is 9.59 Å². The van der Waals surface area contributed by atoms with Gasteiger partial charge in [0.1, 0.15) is 10.8 Å². The molecule has 6 rings (SSSR count). The molecule has 2 atom stereocenters. The second-order valence-corrected chi connectivity index (χ2v) is 11.6. The maximum atomic E-state index is 13.6. The minimum atomic E-state index is -1.10. The van der Waals surface area contributed by atoms with Crippen LogP contribution in [-0.4, -0.2) is 28.5 Å². The number of benzene rings is 2. The number of halogens is 1. The van der Waals surface area contributed by atoms with Crippen LogP contribution in [0.2, 0.25) is 5.02 Å². The molecule has 2 aliphatic rings. The predicted octanol–water partition coefficient (Wildman–Crippen LogP) is 6.44. The van der Waals surface area contributed by atoms with E-state index in [9.17, 15) is 9.59 Å². The predicted molar refractivity (Wildman–Crippen MR) is 152 cm³/mol. The summed E-state index contributed by atoms with van der Waals surface area (Å²) in [6.45, 7) is 0.892. The van der Waals surface area contributed by atoms with Crippen LogP contribution < -0.4 is 15.4 Å². The maximum absolute atomic E-state index is 13.6. The van der Waals surface area contributed by atoms with Crippen molar-refractivity contribution in [1.82, 2.24) is 10.3 Å². The molecule has 1 saturated heterocycles. The number of amides is 1. The van der Waals surface area contributed by atoms with E-state index in [0.717, 1.165) is 30.6 Å². The van der Waals surface area contributed by atoms with Gasteiger partial charge in [0.2, 0.25) is 11.8 Å². The molecule has 4 heterocycles. The third kappa shape index (κ3) is 4.68. The van der Waals surface area contributed by atoms with Gasteiger partial charge in [-0.05, 0) is 65.1 Å². The molecule has 0 bridgehead atoms. The molecule has 0 aliphatic carbocycles. The number of ether oxygens (including phenoxy) is 1. The molecular formula is C29H24ClN3O3S2. The molecule has 4 aromatic rings. The van der Waals surface area contributed by atoms with Crippen LogP contribution in [0.1, 0.15) is 29.7 Å². The lowest BCUT2D eigenvalue weighted by molar-refractivity contribution is -0.133. The number of aryl methyl sites for hydroxylation is 1. The average molecular weight is 562 g/mol. The smallest absolute Gasteiger partial charge is 0.242 e. The Kier molecular flexibility index (Phi) is 6.86. The van der Waals surface area contributed by atoms with Crippen molar-refractivity contribution in [1.29, 1.82) is 0 Å². The molecule has 0 spiro atoms. The van der Waals surface area contributed by atoms with Gasteiger partial charge in [0.25, 0.3) is 0 Å². The summed E-state index contributed by atoms with van der Waals surface area (Å²) in [5.74, 6) is 0.551. The zero-order valence-electron chi connectivity index (χ0n) is 20.3. The Morgan fingerprint density at radius 3 is 2.74 bits per heavy atom. The van der Waals surface area contributed by atoms with Crippen molar-refractivity contribution in [3.8, 4) is 11.6 Å². The molecule has 1 amide bonds. The first-order valence-corrected chi connectivity index (χ1v) is 14.5. The summed E-state index contributed by atoms with van der Waals surface area (Å²) < 4.78 is 6.25. The summed E-state index contributed by atoms with van der Waals surface area (Å²) in [6, 6.07) is 20.6. The van der Waals surface area contributed by atoms with Crippen LogP contribution in [-0.2, 0) is 21.5 Å². The van der Waals surface area contributed by atoms with Crippen molar-refractivity contribution in [2.24, 2.45) is 0 Å². The van der Waals surface area contributed by atoms with Crippen molar-refractivity contribution < 1.29 is 14.3 Å². The number of hydrogen-bond acceptors (Lipinski definition) is 7. The van der Waals surface area contributed by atoms with E-state index in [4.69, 9.17) is 21.3 Å². The van der Waals surface area contributed by atoms with Gasteiger partial charge in [-0.2, -0.15) is 11.3 Å². The Balaban J connectivity index is 1.33. The Hall–Kier alpha value is -3.33. The molecule has 192 valence electrons. The fraction of sp³-hybridized carbons (Fsp3) is 0.207. The first kappa shape index (κ1) is 25.0. The highest BCUT2D eigenvalue weighted by Gasteiger charge is 2.48. The molecule has 2 aromatic heterocycles. The van der Waals surface area contributed by atoms with E-state index in [-0.39, 0.29) is 18.1 Å². The van der Waals surface area contributed by atoms with Crippen LogP contribution in [0.25, 0.3) is 0 Å². The summed E-state index contributed by atoms with van der Waals surface area (Å²) in [6.07, 6.45) is 2.14. The molecular weight excluding hydrogens is 538 g/mol. The number of carbonyl (C=O) groups excluding carboxylic acids is 2. The Morgan fingerprint density at radius 1 is 1.05 bits per heavy atom. The number of hydrogen-bond donors (Lipinski definition) is 2. The summed E-state index contributed by atoms with van der Waals surface area (Å²) in [5.41, 5.74) is 2.47. The number of nitrogens with zero attached hydrogens (tertiary/aromatic N) is 1. The summed E-state index contributed by atoms with van der Waals surface area (Å²) >= 11 is 8.99. The number of piperidine rings is 1. The summed E-state index contributed by atoms with van der Waals surface area (Å²) in [7, 11) is 0. The van der Waals surface area contributed by atoms with Gasteiger partial charge in [-0.1, -0.05) is 41.9 Å². The van der Waals surface area contributed by atoms with E-state index in [0.29, 0.717) is 27.2 Å². The summed E-state index contributed by atoms with van der Waals surface area (Å²) in [5, 5.41) is 10.1. The minimum Gasteiger partial charge on any atom is -0.437 e. The first-order valence-electron chi connectivity index (χ1n) is 12.3. The molecule has 0 radical (unpaired) electrons. The van der Waals surface area contributed by atoms with Gasteiger partial charge in [0, 0.05) is 23.9 Å². The molecule has 2 aromatic carbocycles. The van der Waals surface area contributed by atoms with Crippen molar-refractivity contribution in [2.75, 3.05) is 11.9 Å². The topological polar surface area (TPSA) is 80.3 Å². The number of rotatable bonds is 6. The number of anilines is 1. The van der Waals surface area contributed by atoms with E-state index < -0.39 is 10.8 Å². The number of thiophene rings is 1. The number of fused-ring (bicyclic) bond motifs is 1. The number of carbonyl (C=O) groups is 2. The fourth-order valence-corrected chi connectivity index (χ4v) is 6.95. The average Bonchev–Trinajstić information content (AvgIpc) is 3.48. The number of aromatic nitrogens is 1. The highest BCUT2D eigenvalue weighted by Crippen LogP contribution is 2.42. The van der Waals surface area contributed by atoms with Crippen LogP contribution in [0.3, 0.4) is 0 Å². The second-order valence-electron chi connectivity index (χ2n) is 9.26. The molecule has 0 saturated carbocycles. The van der Waals surface area contributed by atoms with E-state index in [1.807, 2.05) is 59.3 Å².